The van der Waals surface area contributed by atoms with E-state index in [4.69, 9.17) is 0 Å². The normalized spacial score (nSPS) is 12.0. The second-order valence-electron chi connectivity index (χ2n) is 7.01. The van der Waals surface area contributed by atoms with Crippen LogP contribution in [-0.4, -0.2) is 41.2 Å². The van der Waals surface area contributed by atoms with Crippen LogP contribution in [-0.2, 0) is 4.79 Å². The molecule has 0 fully saturated rings. The van der Waals surface area contributed by atoms with Crippen LogP contribution >= 0.6 is 11.8 Å². The highest BCUT2D eigenvalue weighted by Crippen LogP contribution is 2.34. The number of carbonyl (C=O) groups excluding carboxylic acids is 2. The molecule has 0 saturated carbocycles. The summed E-state index contributed by atoms with van der Waals surface area (Å²) in [6.45, 7) is 2.65. The zero-order valence-corrected chi connectivity index (χ0v) is 19.3. The molecule has 0 radical (unpaired) electrons. The van der Waals surface area contributed by atoms with E-state index in [2.05, 4.69) is 30.7 Å². The van der Waals surface area contributed by atoms with Gasteiger partial charge in [0, 0.05) is 24.3 Å². The number of halogens is 3. The Morgan fingerprint density at radius 1 is 1.06 bits per heavy atom. The van der Waals surface area contributed by atoms with Crippen molar-refractivity contribution in [1.82, 2.24) is 20.6 Å². The van der Waals surface area contributed by atoms with Crippen molar-refractivity contribution in [2.75, 3.05) is 18.4 Å². The Kier molecular flexibility index (Phi) is 9.04. The Labute approximate surface area is 203 Å². The maximum atomic E-state index is 12.9. The summed E-state index contributed by atoms with van der Waals surface area (Å²) in [5.41, 5.74) is 1.26. The predicted molar refractivity (Wildman–Crippen MR) is 125 cm³/mol. The van der Waals surface area contributed by atoms with E-state index in [0.29, 0.717) is 11.6 Å². The Hall–Kier alpha value is -3.64. The van der Waals surface area contributed by atoms with E-state index in [9.17, 15) is 22.8 Å². The molecular weight excluding hydrogens is 483 g/mol. The number of alkyl halides is 3. The van der Waals surface area contributed by atoms with E-state index >= 15 is 0 Å². The van der Waals surface area contributed by atoms with Gasteiger partial charge in [-0.3, -0.25) is 14.6 Å². The fraction of sp³-hybridized carbons (Fsp3) is 0.217. The molecule has 1 unspecified atom stereocenters. The van der Waals surface area contributed by atoms with Gasteiger partial charge in [0.2, 0.25) is 5.91 Å². The summed E-state index contributed by atoms with van der Waals surface area (Å²) in [6.07, 6.45) is -0.0957. The molecular formula is C23H22F3N5O3S. The summed E-state index contributed by atoms with van der Waals surface area (Å²) >= 11 is 1.17. The van der Waals surface area contributed by atoms with Gasteiger partial charge in [-0.2, -0.15) is 0 Å². The van der Waals surface area contributed by atoms with Gasteiger partial charge in [-0.1, -0.05) is 18.7 Å². The third-order valence-corrected chi connectivity index (χ3v) is 5.60. The molecule has 0 spiro atoms. The van der Waals surface area contributed by atoms with Gasteiger partial charge in [-0.25, -0.2) is 4.98 Å². The smallest absolute Gasteiger partial charge is 0.406 e. The number of nitrogens with one attached hydrogen (secondary N) is 3. The molecule has 0 bridgehead atoms. The molecule has 8 nitrogen and oxygen atoms in total. The van der Waals surface area contributed by atoms with E-state index < -0.39 is 23.4 Å². The van der Waals surface area contributed by atoms with Crippen LogP contribution in [0.2, 0.25) is 0 Å². The fourth-order valence-corrected chi connectivity index (χ4v) is 3.98. The fourth-order valence-electron chi connectivity index (χ4n) is 2.86. The number of hydrogen-bond acceptors (Lipinski definition) is 7. The van der Waals surface area contributed by atoms with Gasteiger partial charge in [0.15, 0.2) is 0 Å². The summed E-state index contributed by atoms with van der Waals surface area (Å²) < 4.78 is 40.9. The number of ether oxygens (including phenoxy) is 1. The number of hydrogen-bond donors (Lipinski definition) is 3. The molecule has 184 valence electrons. The van der Waals surface area contributed by atoms with Crippen molar-refractivity contribution in [1.29, 1.82) is 0 Å². The molecule has 35 heavy (non-hydrogen) atoms. The summed E-state index contributed by atoms with van der Waals surface area (Å²) in [4.78, 5) is 33.6. The quantitative estimate of drug-likeness (QED) is 0.281. The molecule has 1 atom stereocenters. The highest BCUT2D eigenvalue weighted by molar-refractivity contribution is 7.99. The first-order valence-corrected chi connectivity index (χ1v) is 11.3. The molecule has 0 aliphatic carbocycles. The Balaban J connectivity index is 1.77. The van der Waals surface area contributed by atoms with E-state index in [1.54, 1.807) is 36.7 Å². The zero-order chi connectivity index (χ0) is 25.3. The molecule has 0 aliphatic heterocycles. The highest BCUT2D eigenvalue weighted by Gasteiger charge is 2.31. The minimum absolute atomic E-state index is 0.127. The summed E-state index contributed by atoms with van der Waals surface area (Å²) in [5, 5.41) is 8.31. The predicted octanol–water partition coefficient (Wildman–Crippen LogP) is 4.14. The summed E-state index contributed by atoms with van der Waals surface area (Å²) in [6, 6.07) is 11.4. The molecule has 12 heteroatoms. The Bertz CT molecular complexity index is 1130. The SMILES string of the molecule is CCNCC(=O)NC(Sc1ncccc1C(=O)Nc1ccc(OC(F)(F)F)cc1)c1ccncc1. The van der Waals surface area contributed by atoms with E-state index in [1.807, 2.05) is 6.92 Å². The average Bonchev–Trinajstić information content (AvgIpc) is 2.83. The maximum Gasteiger partial charge on any atom is 0.573 e. The van der Waals surface area contributed by atoms with Gasteiger partial charge >= 0.3 is 6.36 Å². The second-order valence-corrected chi connectivity index (χ2v) is 8.10. The lowest BCUT2D eigenvalue weighted by Gasteiger charge is -2.19. The first-order valence-electron chi connectivity index (χ1n) is 10.4. The van der Waals surface area contributed by atoms with Crippen molar-refractivity contribution in [3.05, 3.63) is 78.2 Å². The Morgan fingerprint density at radius 2 is 1.77 bits per heavy atom. The van der Waals surface area contributed by atoms with Crippen molar-refractivity contribution in [3.63, 3.8) is 0 Å². The largest absolute Gasteiger partial charge is 0.573 e. The molecule has 1 aromatic carbocycles. The van der Waals surface area contributed by atoms with Crippen LogP contribution in [0.4, 0.5) is 18.9 Å². The standard InChI is InChI=1S/C23H22F3N5O3S/c1-2-27-14-19(32)31-21(15-9-12-28-13-10-15)35-22-18(4-3-11-29-22)20(33)30-16-5-7-17(8-6-16)34-23(24,25)26/h3-13,21,27H,2,14H2,1H3,(H,30,33)(H,31,32). The number of pyridine rings is 2. The number of nitrogens with zero attached hydrogens (tertiary/aromatic N) is 2. The second kappa shape index (κ2) is 12.2. The number of thioether (sulfide) groups is 1. The molecule has 0 saturated heterocycles. The molecule has 3 aromatic rings. The van der Waals surface area contributed by atoms with Crippen LogP contribution in [0.1, 0.15) is 28.2 Å². The summed E-state index contributed by atoms with van der Waals surface area (Å²) in [7, 11) is 0. The third-order valence-electron chi connectivity index (χ3n) is 4.43. The van der Waals surface area contributed by atoms with E-state index in [-0.39, 0.29) is 23.7 Å². The summed E-state index contributed by atoms with van der Waals surface area (Å²) in [5.74, 6) is -1.15. The third kappa shape index (κ3) is 8.26. The molecule has 2 heterocycles. The van der Waals surface area contributed by atoms with Gasteiger partial charge in [-0.05, 0) is 60.6 Å². The van der Waals surface area contributed by atoms with Gasteiger partial charge in [0.1, 0.15) is 16.1 Å². The first kappa shape index (κ1) is 26.0. The maximum absolute atomic E-state index is 12.9. The van der Waals surface area contributed by atoms with Crippen LogP contribution in [0.3, 0.4) is 0 Å². The lowest BCUT2D eigenvalue weighted by molar-refractivity contribution is -0.274. The topological polar surface area (TPSA) is 105 Å². The van der Waals surface area contributed by atoms with E-state index in [0.717, 1.165) is 17.7 Å². The monoisotopic (exact) mass is 505 g/mol. The van der Waals surface area contributed by atoms with Crippen molar-refractivity contribution in [3.8, 4) is 5.75 Å². The molecule has 0 aliphatic rings. The van der Waals surface area contributed by atoms with Crippen LogP contribution in [0.5, 0.6) is 5.75 Å². The molecule has 3 N–H and O–H groups in total. The minimum Gasteiger partial charge on any atom is -0.406 e. The highest BCUT2D eigenvalue weighted by atomic mass is 32.2. The van der Waals surface area contributed by atoms with E-state index in [1.165, 1.54) is 30.1 Å². The number of amides is 2. The number of anilines is 1. The average molecular weight is 506 g/mol. The molecule has 3 rings (SSSR count). The Morgan fingerprint density at radius 3 is 2.43 bits per heavy atom. The molecule has 2 aromatic heterocycles. The minimum atomic E-state index is -4.81. The van der Waals surface area contributed by atoms with Crippen LogP contribution < -0.4 is 20.7 Å². The first-order chi connectivity index (χ1) is 16.7. The lowest BCUT2D eigenvalue weighted by atomic mass is 10.2. The molecule has 2 amide bonds. The number of carbonyl (C=O) groups is 2. The number of rotatable bonds is 10. The number of aromatic nitrogens is 2. The van der Waals surface area contributed by atoms with Crippen molar-refractivity contribution in [2.45, 2.75) is 23.7 Å². The van der Waals surface area contributed by atoms with Crippen LogP contribution in [0, 0.1) is 0 Å². The van der Waals surface area contributed by atoms with Gasteiger partial charge < -0.3 is 20.7 Å². The number of likely N-dealkylation sites (N-methyl/N-ethyl adjacent to an activating group) is 1. The van der Waals surface area contributed by atoms with Gasteiger partial charge in [0.05, 0.1) is 12.1 Å². The van der Waals surface area contributed by atoms with Gasteiger partial charge in [0.25, 0.3) is 5.91 Å². The zero-order valence-electron chi connectivity index (χ0n) is 18.5. The van der Waals surface area contributed by atoms with Gasteiger partial charge in [-0.15, -0.1) is 13.2 Å². The van der Waals surface area contributed by atoms with Crippen molar-refractivity contribution >= 4 is 29.3 Å². The van der Waals surface area contributed by atoms with Crippen LogP contribution in [0.15, 0.2) is 72.1 Å². The van der Waals surface area contributed by atoms with Crippen molar-refractivity contribution in [2.24, 2.45) is 0 Å². The lowest BCUT2D eigenvalue weighted by Crippen LogP contribution is -2.35. The number of benzene rings is 1. The van der Waals surface area contributed by atoms with Crippen LogP contribution in [0.25, 0.3) is 0 Å². The van der Waals surface area contributed by atoms with Crippen molar-refractivity contribution < 1.29 is 27.5 Å².